The summed E-state index contributed by atoms with van der Waals surface area (Å²) in [6.07, 6.45) is 0.943. The van der Waals surface area contributed by atoms with E-state index in [0.717, 1.165) is 18.7 Å². The molecule has 0 bridgehead atoms. The van der Waals surface area contributed by atoms with Gasteiger partial charge in [-0.1, -0.05) is 0 Å². The minimum atomic E-state index is -0.283. The Morgan fingerprint density at radius 2 is 1.89 bits per heavy atom. The van der Waals surface area contributed by atoms with E-state index in [1.54, 1.807) is 13.0 Å². The molecule has 2 aromatic rings. The van der Waals surface area contributed by atoms with Gasteiger partial charge in [-0.25, -0.2) is 4.39 Å². The highest BCUT2D eigenvalue weighted by atomic mass is 19.1. The summed E-state index contributed by atoms with van der Waals surface area (Å²) >= 11 is 0. The molecule has 2 aromatic carbocycles. The molecule has 0 fully saturated rings. The topological polar surface area (TPSA) is 29.1 Å². The normalized spacial score (nSPS) is 12.9. The van der Waals surface area contributed by atoms with E-state index in [1.807, 2.05) is 18.2 Å². The lowest BCUT2D eigenvalue weighted by Crippen LogP contribution is -2.03. The van der Waals surface area contributed by atoms with Crippen LogP contribution in [0.2, 0.25) is 0 Å². The number of anilines is 1. The summed E-state index contributed by atoms with van der Waals surface area (Å²) in [5.41, 5.74) is 3.96. The number of ketones is 1. The Morgan fingerprint density at radius 3 is 2.68 bits per heavy atom. The van der Waals surface area contributed by atoms with Gasteiger partial charge < -0.3 is 5.32 Å². The number of nitrogens with one attached hydrogen (secondary N) is 1. The van der Waals surface area contributed by atoms with Gasteiger partial charge in [-0.3, -0.25) is 4.79 Å². The first-order valence-corrected chi connectivity index (χ1v) is 6.33. The average molecular weight is 255 g/mol. The van der Waals surface area contributed by atoms with Crippen LogP contribution in [0.5, 0.6) is 0 Å². The van der Waals surface area contributed by atoms with Crippen molar-refractivity contribution in [1.29, 1.82) is 0 Å². The minimum Gasteiger partial charge on any atom is -0.384 e. The number of fused-ring (bicyclic) bond motifs is 1. The van der Waals surface area contributed by atoms with Crippen molar-refractivity contribution >= 4 is 11.5 Å². The molecule has 0 unspecified atom stereocenters. The highest BCUT2D eigenvalue weighted by Gasteiger charge is 2.15. The Morgan fingerprint density at radius 1 is 1.16 bits per heavy atom. The highest BCUT2D eigenvalue weighted by Crippen LogP contribution is 2.24. The maximum atomic E-state index is 13.2. The fourth-order valence-corrected chi connectivity index (χ4v) is 2.40. The monoisotopic (exact) mass is 255 g/mol. The smallest absolute Gasteiger partial charge is 0.193 e. The molecule has 0 spiro atoms. The number of carbonyl (C=O) groups excluding carboxylic acids is 1. The number of halogens is 1. The number of carbonyl (C=O) groups is 1. The molecule has 0 aliphatic carbocycles. The van der Waals surface area contributed by atoms with Crippen molar-refractivity contribution in [2.75, 3.05) is 11.9 Å². The van der Waals surface area contributed by atoms with Crippen molar-refractivity contribution in [3.05, 3.63) is 64.5 Å². The van der Waals surface area contributed by atoms with Gasteiger partial charge in [-0.15, -0.1) is 0 Å². The Balaban J connectivity index is 1.97. The maximum absolute atomic E-state index is 13.2. The summed E-state index contributed by atoms with van der Waals surface area (Å²) in [5.74, 6) is -0.340. The largest absolute Gasteiger partial charge is 0.384 e. The number of benzene rings is 2. The minimum absolute atomic E-state index is 0.0576. The molecular formula is C16H14FNO. The van der Waals surface area contributed by atoms with E-state index in [2.05, 4.69) is 5.32 Å². The number of aryl methyl sites for hydroxylation is 1. The number of rotatable bonds is 2. The molecule has 2 nitrogen and oxygen atoms in total. The van der Waals surface area contributed by atoms with Crippen LogP contribution in [0.1, 0.15) is 27.0 Å². The Kier molecular flexibility index (Phi) is 2.82. The molecule has 0 atom stereocenters. The van der Waals surface area contributed by atoms with E-state index < -0.39 is 0 Å². The van der Waals surface area contributed by atoms with Crippen LogP contribution in [0.25, 0.3) is 0 Å². The van der Waals surface area contributed by atoms with Crippen molar-refractivity contribution in [2.45, 2.75) is 13.3 Å². The maximum Gasteiger partial charge on any atom is 0.193 e. The second-order valence-electron chi connectivity index (χ2n) is 4.84. The van der Waals surface area contributed by atoms with Crippen molar-refractivity contribution in [3.63, 3.8) is 0 Å². The SMILES string of the molecule is Cc1cc(C(=O)c2ccc3c(c2)CCN3)ccc1F. The molecule has 0 amide bonds. The number of hydrogen-bond donors (Lipinski definition) is 1. The fraction of sp³-hybridized carbons (Fsp3) is 0.188. The third-order valence-electron chi connectivity index (χ3n) is 3.50. The van der Waals surface area contributed by atoms with Gasteiger partial charge in [0.15, 0.2) is 5.78 Å². The van der Waals surface area contributed by atoms with Crippen molar-refractivity contribution in [2.24, 2.45) is 0 Å². The standard InChI is InChI=1S/C16H14FNO/c1-10-8-12(2-4-14(10)17)16(19)13-3-5-15-11(9-13)6-7-18-15/h2-5,8-9,18H,6-7H2,1H3. The fourth-order valence-electron chi connectivity index (χ4n) is 2.40. The lowest BCUT2D eigenvalue weighted by molar-refractivity contribution is 0.103. The van der Waals surface area contributed by atoms with Crippen LogP contribution >= 0.6 is 0 Å². The van der Waals surface area contributed by atoms with Gasteiger partial charge in [-0.05, 0) is 60.9 Å². The summed E-state index contributed by atoms with van der Waals surface area (Å²) in [6, 6.07) is 10.2. The van der Waals surface area contributed by atoms with Crippen LogP contribution in [0.3, 0.4) is 0 Å². The van der Waals surface area contributed by atoms with Crippen LogP contribution in [-0.2, 0) is 6.42 Å². The predicted octanol–water partition coefficient (Wildman–Crippen LogP) is 3.33. The van der Waals surface area contributed by atoms with Crippen LogP contribution in [0, 0.1) is 12.7 Å². The molecule has 0 radical (unpaired) electrons. The average Bonchev–Trinajstić information content (AvgIpc) is 2.88. The third-order valence-corrected chi connectivity index (χ3v) is 3.50. The van der Waals surface area contributed by atoms with E-state index >= 15 is 0 Å². The summed E-state index contributed by atoms with van der Waals surface area (Å²) in [5, 5.41) is 3.26. The van der Waals surface area contributed by atoms with Gasteiger partial charge in [0.25, 0.3) is 0 Å². The van der Waals surface area contributed by atoms with Crippen LogP contribution in [0.15, 0.2) is 36.4 Å². The van der Waals surface area contributed by atoms with Crippen molar-refractivity contribution in [1.82, 2.24) is 0 Å². The van der Waals surface area contributed by atoms with Crippen LogP contribution in [-0.4, -0.2) is 12.3 Å². The van der Waals surface area contributed by atoms with Gasteiger partial charge in [0, 0.05) is 23.4 Å². The molecule has 1 heterocycles. The molecule has 1 aliphatic rings. The van der Waals surface area contributed by atoms with Gasteiger partial charge in [0.2, 0.25) is 0 Å². The molecule has 1 aliphatic heterocycles. The van der Waals surface area contributed by atoms with E-state index in [9.17, 15) is 9.18 Å². The molecule has 0 saturated heterocycles. The third kappa shape index (κ3) is 2.12. The van der Waals surface area contributed by atoms with Crippen LogP contribution < -0.4 is 5.32 Å². The molecule has 3 rings (SSSR count). The summed E-state index contributed by atoms with van der Waals surface area (Å²) in [4.78, 5) is 12.4. The summed E-state index contributed by atoms with van der Waals surface area (Å²) < 4.78 is 13.2. The molecule has 19 heavy (non-hydrogen) atoms. The molecule has 96 valence electrons. The zero-order valence-electron chi connectivity index (χ0n) is 10.7. The Hall–Kier alpha value is -2.16. The second kappa shape index (κ2) is 4.50. The van der Waals surface area contributed by atoms with Gasteiger partial charge in [-0.2, -0.15) is 0 Å². The van der Waals surface area contributed by atoms with E-state index in [1.165, 1.54) is 17.7 Å². The zero-order chi connectivity index (χ0) is 13.4. The summed E-state index contributed by atoms with van der Waals surface area (Å²) in [7, 11) is 0. The van der Waals surface area contributed by atoms with Crippen LogP contribution in [0.4, 0.5) is 10.1 Å². The molecule has 3 heteroatoms. The lowest BCUT2D eigenvalue weighted by atomic mass is 9.99. The molecule has 0 aromatic heterocycles. The van der Waals surface area contributed by atoms with E-state index in [4.69, 9.17) is 0 Å². The predicted molar refractivity (Wildman–Crippen MR) is 73.2 cm³/mol. The second-order valence-corrected chi connectivity index (χ2v) is 4.84. The van der Waals surface area contributed by atoms with Crippen molar-refractivity contribution < 1.29 is 9.18 Å². The zero-order valence-corrected chi connectivity index (χ0v) is 10.7. The van der Waals surface area contributed by atoms with Gasteiger partial charge in [0.05, 0.1) is 0 Å². The molecular weight excluding hydrogens is 241 g/mol. The quantitative estimate of drug-likeness (QED) is 0.834. The molecule has 1 N–H and O–H groups in total. The Bertz CT molecular complexity index is 664. The molecule has 0 saturated carbocycles. The van der Waals surface area contributed by atoms with Gasteiger partial charge >= 0.3 is 0 Å². The van der Waals surface area contributed by atoms with Crippen molar-refractivity contribution in [3.8, 4) is 0 Å². The van der Waals surface area contributed by atoms with E-state index in [0.29, 0.717) is 16.7 Å². The Labute approximate surface area is 111 Å². The highest BCUT2D eigenvalue weighted by molar-refractivity contribution is 6.09. The van der Waals surface area contributed by atoms with E-state index in [-0.39, 0.29) is 11.6 Å². The lowest BCUT2D eigenvalue weighted by Gasteiger charge is -2.05. The number of hydrogen-bond acceptors (Lipinski definition) is 2. The summed E-state index contributed by atoms with van der Waals surface area (Å²) in [6.45, 7) is 2.58. The first kappa shape index (κ1) is 11.9. The van der Waals surface area contributed by atoms with Gasteiger partial charge in [0.1, 0.15) is 5.82 Å². The first-order valence-electron chi connectivity index (χ1n) is 6.33. The first-order chi connectivity index (χ1) is 9.15.